The van der Waals surface area contributed by atoms with Gasteiger partial charge in [-0.1, -0.05) is 26.0 Å². The number of hydrogen-bond acceptors (Lipinski definition) is 5. The van der Waals surface area contributed by atoms with Crippen molar-refractivity contribution in [2.45, 2.75) is 56.5 Å². The highest BCUT2D eigenvalue weighted by Crippen LogP contribution is 2.29. The van der Waals surface area contributed by atoms with E-state index in [9.17, 15) is 4.79 Å². The van der Waals surface area contributed by atoms with Gasteiger partial charge in [0.25, 0.3) is 0 Å². The van der Waals surface area contributed by atoms with Gasteiger partial charge in [0.15, 0.2) is 0 Å². The topological polar surface area (TPSA) is 63.1 Å². The van der Waals surface area contributed by atoms with E-state index in [1.165, 1.54) is 5.56 Å². The van der Waals surface area contributed by atoms with Crippen molar-refractivity contribution >= 4 is 30.1 Å². The first-order chi connectivity index (χ1) is 13.6. The number of amides is 1. The van der Waals surface area contributed by atoms with Gasteiger partial charge in [0.2, 0.25) is 5.91 Å². The van der Waals surface area contributed by atoms with Gasteiger partial charge in [-0.05, 0) is 36.5 Å². The average molecular weight is 436 g/mol. The number of aromatic nitrogens is 3. The van der Waals surface area contributed by atoms with Crippen molar-refractivity contribution in [1.82, 2.24) is 25.0 Å². The van der Waals surface area contributed by atoms with Gasteiger partial charge in [0, 0.05) is 37.0 Å². The van der Waals surface area contributed by atoms with Crippen molar-refractivity contribution in [2.75, 3.05) is 25.4 Å². The number of fused-ring (bicyclic) bond motifs is 1. The molecule has 1 amide bonds. The van der Waals surface area contributed by atoms with Crippen molar-refractivity contribution in [2.24, 2.45) is 0 Å². The van der Waals surface area contributed by atoms with Crippen LogP contribution in [-0.4, -0.2) is 51.0 Å². The molecule has 2 aliphatic heterocycles. The zero-order chi connectivity index (χ0) is 19.5. The van der Waals surface area contributed by atoms with Gasteiger partial charge in [-0.2, -0.15) is 0 Å². The Morgan fingerprint density at radius 2 is 1.90 bits per heavy atom. The van der Waals surface area contributed by atoms with Gasteiger partial charge in [-0.25, -0.2) is 0 Å². The summed E-state index contributed by atoms with van der Waals surface area (Å²) in [5.41, 5.74) is 1.34. The van der Waals surface area contributed by atoms with Crippen molar-refractivity contribution in [1.29, 1.82) is 0 Å². The summed E-state index contributed by atoms with van der Waals surface area (Å²) in [5.74, 6) is 3.86. The lowest BCUT2D eigenvalue weighted by atomic mass is 9.95. The van der Waals surface area contributed by atoms with Crippen LogP contribution < -0.4 is 5.32 Å². The van der Waals surface area contributed by atoms with Gasteiger partial charge < -0.3 is 14.8 Å². The Kier molecular flexibility index (Phi) is 7.60. The molecule has 0 saturated carbocycles. The predicted molar refractivity (Wildman–Crippen MR) is 119 cm³/mol. The maximum Gasteiger partial charge on any atom is 0.232 e. The third-order valence-electron chi connectivity index (χ3n) is 5.77. The second-order valence-electron chi connectivity index (χ2n) is 7.97. The van der Waals surface area contributed by atoms with E-state index < -0.39 is 0 Å². The van der Waals surface area contributed by atoms with E-state index >= 15 is 0 Å². The summed E-state index contributed by atoms with van der Waals surface area (Å²) in [6.07, 6.45) is 1.95. The van der Waals surface area contributed by atoms with Crippen molar-refractivity contribution in [3.8, 4) is 0 Å². The van der Waals surface area contributed by atoms with Crippen LogP contribution in [-0.2, 0) is 17.9 Å². The molecule has 0 bridgehead atoms. The first-order valence-corrected chi connectivity index (χ1v) is 11.2. The molecule has 1 saturated heterocycles. The molecule has 8 heteroatoms. The van der Waals surface area contributed by atoms with Crippen LogP contribution in [0.4, 0.5) is 0 Å². The summed E-state index contributed by atoms with van der Waals surface area (Å²) < 4.78 is 2.27. The summed E-state index contributed by atoms with van der Waals surface area (Å²) >= 11 is 1.64. The molecule has 0 spiro atoms. The molecule has 4 rings (SSSR count). The zero-order valence-electron chi connectivity index (χ0n) is 17.1. The van der Waals surface area contributed by atoms with E-state index in [0.29, 0.717) is 17.6 Å². The van der Waals surface area contributed by atoms with Crippen LogP contribution in [0.5, 0.6) is 0 Å². The summed E-state index contributed by atoms with van der Waals surface area (Å²) in [4.78, 5) is 15.8. The van der Waals surface area contributed by atoms with Crippen LogP contribution in [0.25, 0.3) is 0 Å². The second-order valence-corrected chi connectivity index (χ2v) is 9.02. The van der Waals surface area contributed by atoms with Gasteiger partial charge in [-0.3, -0.25) is 4.79 Å². The number of nitrogens with zero attached hydrogens (tertiary/aromatic N) is 4. The molecule has 6 nitrogen and oxygen atoms in total. The Morgan fingerprint density at radius 3 is 2.59 bits per heavy atom. The SMILES string of the molecule is CC(C)c1ccc(SCC(=O)N2CCC(c3nnc4n3CCNC4)CC2)cc1.Cl. The van der Waals surface area contributed by atoms with Crippen LogP contribution in [0.2, 0.25) is 0 Å². The highest BCUT2D eigenvalue weighted by molar-refractivity contribution is 8.00. The Labute approximate surface area is 183 Å². The monoisotopic (exact) mass is 435 g/mol. The molecular weight excluding hydrogens is 406 g/mol. The van der Waals surface area contributed by atoms with E-state index in [-0.39, 0.29) is 18.3 Å². The fourth-order valence-electron chi connectivity index (χ4n) is 3.99. The Hall–Kier alpha value is -1.57. The number of likely N-dealkylation sites (tertiary alicyclic amines) is 1. The maximum absolute atomic E-state index is 12.6. The average Bonchev–Trinajstić information content (AvgIpc) is 3.16. The van der Waals surface area contributed by atoms with Crippen molar-refractivity contribution in [3.05, 3.63) is 41.5 Å². The number of halogens is 1. The van der Waals surface area contributed by atoms with Gasteiger partial charge in [-0.15, -0.1) is 34.4 Å². The Bertz CT molecular complexity index is 815. The highest BCUT2D eigenvalue weighted by Gasteiger charge is 2.28. The lowest BCUT2D eigenvalue weighted by molar-refractivity contribution is -0.129. The molecule has 1 N–H and O–H groups in total. The van der Waals surface area contributed by atoms with Crippen LogP contribution in [0.3, 0.4) is 0 Å². The van der Waals surface area contributed by atoms with Crippen LogP contribution >= 0.6 is 24.2 Å². The molecule has 29 heavy (non-hydrogen) atoms. The molecule has 1 aromatic heterocycles. The molecule has 0 aliphatic carbocycles. The molecule has 0 atom stereocenters. The quantitative estimate of drug-likeness (QED) is 0.729. The van der Waals surface area contributed by atoms with Gasteiger partial charge in [0.05, 0.1) is 12.3 Å². The molecule has 0 unspecified atom stereocenters. The smallest absolute Gasteiger partial charge is 0.232 e. The number of thioether (sulfide) groups is 1. The highest BCUT2D eigenvalue weighted by atomic mass is 35.5. The van der Waals surface area contributed by atoms with Crippen LogP contribution in [0.15, 0.2) is 29.2 Å². The van der Waals surface area contributed by atoms with Crippen LogP contribution in [0.1, 0.15) is 55.7 Å². The summed E-state index contributed by atoms with van der Waals surface area (Å²) in [6.45, 7) is 8.75. The zero-order valence-corrected chi connectivity index (χ0v) is 18.8. The van der Waals surface area contributed by atoms with E-state index in [2.05, 4.69) is 58.2 Å². The standard InChI is InChI=1S/C21H29N5OS.ClH/c1-15(2)16-3-5-18(6-4-16)28-14-20(27)25-10-7-17(8-11-25)21-24-23-19-13-22-9-12-26(19)21;/h3-6,15,17,22H,7-14H2,1-2H3;1H. The Morgan fingerprint density at radius 1 is 1.17 bits per heavy atom. The number of hydrogen-bond donors (Lipinski definition) is 1. The summed E-state index contributed by atoms with van der Waals surface area (Å²) in [7, 11) is 0. The first-order valence-electron chi connectivity index (χ1n) is 10.2. The lowest BCUT2D eigenvalue weighted by Gasteiger charge is -2.32. The Balaban J connectivity index is 0.00000240. The number of benzene rings is 1. The minimum atomic E-state index is 0. The van der Waals surface area contributed by atoms with Crippen LogP contribution in [0, 0.1) is 0 Å². The fourth-order valence-corrected chi connectivity index (χ4v) is 4.79. The first kappa shape index (κ1) is 22.1. The summed E-state index contributed by atoms with van der Waals surface area (Å²) in [5, 5.41) is 12.1. The van der Waals surface area contributed by atoms with Gasteiger partial charge >= 0.3 is 0 Å². The number of piperidine rings is 1. The van der Waals surface area contributed by atoms with E-state index in [1.807, 2.05) is 4.90 Å². The minimum Gasteiger partial charge on any atom is -0.342 e. The normalized spacial score (nSPS) is 17.1. The molecule has 0 radical (unpaired) electrons. The summed E-state index contributed by atoms with van der Waals surface area (Å²) in [6, 6.07) is 8.58. The van der Waals surface area contributed by atoms with Crippen molar-refractivity contribution in [3.63, 3.8) is 0 Å². The third kappa shape index (κ3) is 5.13. The van der Waals surface area contributed by atoms with Gasteiger partial charge in [0.1, 0.15) is 11.6 Å². The van der Waals surface area contributed by atoms with E-state index in [1.54, 1.807) is 11.8 Å². The largest absolute Gasteiger partial charge is 0.342 e. The molecular formula is C21H30ClN5OS. The lowest BCUT2D eigenvalue weighted by Crippen LogP contribution is -2.39. The van der Waals surface area contributed by atoms with E-state index in [0.717, 1.165) is 62.1 Å². The number of nitrogens with one attached hydrogen (secondary N) is 1. The molecule has 1 fully saturated rings. The molecule has 2 aromatic rings. The third-order valence-corrected chi connectivity index (χ3v) is 6.77. The molecule has 158 valence electrons. The minimum absolute atomic E-state index is 0. The molecule has 1 aromatic carbocycles. The second kappa shape index (κ2) is 9.96. The van der Waals surface area contributed by atoms with Crippen molar-refractivity contribution < 1.29 is 4.79 Å². The number of rotatable bonds is 5. The molecule has 2 aliphatic rings. The predicted octanol–water partition coefficient (Wildman–Crippen LogP) is 3.42. The maximum atomic E-state index is 12.6. The molecule has 3 heterocycles. The van der Waals surface area contributed by atoms with E-state index in [4.69, 9.17) is 0 Å². The number of carbonyl (C=O) groups excluding carboxylic acids is 1. The fraction of sp³-hybridized carbons (Fsp3) is 0.571. The number of carbonyl (C=O) groups is 1.